The number of sulfonamides is 1. The van der Waals surface area contributed by atoms with E-state index in [2.05, 4.69) is 4.72 Å². The molecule has 2 aromatic rings. The summed E-state index contributed by atoms with van der Waals surface area (Å²) < 4.78 is 39.3. The lowest BCUT2D eigenvalue weighted by molar-refractivity contribution is 0.297. The first-order chi connectivity index (χ1) is 12.1. The lowest BCUT2D eigenvalue weighted by Gasteiger charge is -2.17. The highest BCUT2D eigenvalue weighted by atomic mass is 32.2. The number of rotatable bonds is 3. The highest BCUT2D eigenvalue weighted by molar-refractivity contribution is 7.92. The van der Waals surface area contributed by atoms with Crippen molar-refractivity contribution in [3.8, 4) is 11.5 Å². The number of anilines is 1. The molecule has 0 aromatic heterocycles. The largest absolute Gasteiger partial charge is 0.490 e. The third kappa shape index (κ3) is 3.44. The van der Waals surface area contributed by atoms with Crippen LogP contribution in [0.5, 0.6) is 11.5 Å². The van der Waals surface area contributed by atoms with E-state index in [4.69, 9.17) is 9.47 Å². The second kappa shape index (κ2) is 6.59. The van der Waals surface area contributed by atoms with Crippen molar-refractivity contribution in [3.05, 3.63) is 47.5 Å². The van der Waals surface area contributed by atoms with Gasteiger partial charge >= 0.3 is 0 Å². The third-order valence-corrected chi connectivity index (χ3v) is 6.01. The molecule has 0 spiro atoms. The Labute approximate surface area is 148 Å². The van der Waals surface area contributed by atoms with E-state index >= 15 is 0 Å². The van der Waals surface area contributed by atoms with E-state index in [1.54, 1.807) is 30.3 Å². The summed E-state index contributed by atoms with van der Waals surface area (Å²) >= 11 is 0. The van der Waals surface area contributed by atoms with Gasteiger partial charge in [-0.25, -0.2) is 8.42 Å². The summed E-state index contributed by atoms with van der Waals surface area (Å²) in [6.07, 6.45) is 5.08. The molecule has 1 aliphatic carbocycles. The van der Waals surface area contributed by atoms with Crippen LogP contribution in [0, 0.1) is 0 Å². The highest BCUT2D eigenvalue weighted by Gasteiger charge is 2.19. The quantitative estimate of drug-likeness (QED) is 0.911. The third-order valence-electron chi connectivity index (χ3n) is 4.63. The van der Waals surface area contributed by atoms with Crippen molar-refractivity contribution in [1.29, 1.82) is 0 Å². The van der Waals surface area contributed by atoms with Crippen molar-refractivity contribution in [2.24, 2.45) is 0 Å². The van der Waals surface area contributed by atoms with Gasteiger partial charge in [-0.3, -0.25) is 4.72 Å². The number of ether oxygens (including phenoxy) is 2. The van der Waals surface area contributed by atoms with Crippen LogP contribution in [0.15, 0.2) is 41.3 Å². The maximum atomic E-state index is 12.7. The molecular formula is C19H21NO4S. The predicted octanol–water partition coefficient (Wildman–Crippen LogP) is 3.53. The first-order valence-electron chi connectivity index (χ1n) is 8.66. The second-order valence-corrected chi connectivity index (χ2v) is 8.14. The summed E-state index contributed by atoms with van der Waals surface area (Å²) in [5, 5.41) is 0. The van der Waals surface area contributed by atoms with E-state index in [0.717, 1.165) is 31.2 Å². The van der Waals surface area contributed by atoms with Gasteiger partial charge in [-0.05, 0) is 61.1 Å². The van der Waals surface area contributed by atoms with Crippen LogP contribution in [0.4, 0.5) is 5.69 Å². The molecule has 25 heavy (non-hydrogen) atoms. The lowest BCUT2D eigenvalue weighted by atomic mass is 9.92. The molecule has 132 valence electrons. The number of aryl methyl sites for hydroxylation is 2. The van der Waals surface area contributed by atoms with Crippen molar-refractivity contribution in [1.82, 2.24) is 0 Å². The Bertz CT molecular complexity index is 892. The van der Waals surface area contributed by atoms with E-state index in [9.17, 15) is 8.42 Å². The molecular weight excluding hydrogens is 338 g/mol. The van der Waals surface area contributed by atoms with Gasteiger partial charge in [0, 0.05) is 12.5 Å². The number of hydrogen-bond acceptors (Lipinski definition) is 4. The van der Waals surface area contributed by atoms with Gasteiger partial charge in [0.25, 0.3) is 10.0 Å². The molecule has 4 rings (SSSR count). The predicted molar refractivity (Wildman–Crippen MR) is 95.9 cm³/mol. The van der Waals surface area contributed by atoms with E-state index in [1.165, 1.54) is 12.0 Å². The van der Waals surface area contributed by atoms with Crippen molar-refractivity contribution in [2.75, 3.05) is 17.9 Å². The summed E-state index contributed by atoms with van der Waals surface area (Å²) in [5.74, 6) is 1.22. The van der Waals surface area contributed by atoms with Gasteiger partial charge in [0.15, 0.2) is 11.5 Å². The second-order valence-electron chi connectivity index (χ2n) is 6.46. The van der Waals surface area contributed by atoms with Gasteiger partial charge in [-0.2, -0.15) is 0 Å². The molecule has 1 heterocycles. The normalized spacial score (nSPS) is 16.6. The zero-order valence-corrected chi connectivity index (χ0v) is 14.8. The Kier molecular flexibility index (Phi) is 4.29. The van der Waals surface area contributed by atoms with Gasteiger partial charge in [-0.15, -0.1) is 0 Å². The molecule has 0 radical (unpaired) electrons. The molecule has 0 saturated carbocycles. The fraction of sp³-hybridized carbons (Fsp3) is 0.368. The Morgan fingerprint density at radius 3 is 2.40 bits per heavy atom. The van der Waals surface area contributed by atoms with Crippen LogP contribution in [0.2, 0.25) is 0 Å². The molecule has 1 N–H and O–H groups in total. The van der Waals surface area contributed by atoms with E-state index in [-0.39, 0.29) is 0 Å². The fourth-order valence-electron chi connectivity index (χ4n) is 3.32. The molecule has 0 saturated heterocycles. The van der Waals surface area contributed by atoms with Crippen LogP contribution < -0.4 is 14.2 Å². The summed E-state index contributed by atoms with van der Waals surface area (Å²) in [5.41, 5.74) is 2.88. The first kappa shape index (κ1) is 16.3. The number of nitrogens with one attached hydrogen (secondary N) is 1. The van der Waals surface area contributed by atoms with Gasteiger partial charge < -0.3 is 9.47 Å². The molecule has 2 aliphatic rings. The molecule has 5 nitrogen and oxygen atoms in total. The van der Waals surface area contributed by atoms with Gasteiger partial charge in [0.1, 0.15) is 0 Å². The van der Waals surface area contributed by atoms with Crippen molar-refractivity contribution < 1.29 is 17.9 Å². The Hall–Kier alpha value is -2.21. The molecule has 0 bridgehead atoms. The standard InChI is InChI=1S/C19H21NO4S/c21-25(22,17-8-6-14-4-1-2-5-15(14)12-17)20-16-7-9-18-19(13-16)24-11-3-10-23-18/h6-9,12-13,20H,1-5,10-11H2. The Morgan fingerprint density at radius 2 is 1.56 bits per heavy atom. The zero-order chi connectivity index (χ0) is 17.3. The first-order valence-corrected chi connectivity index (χ1v) is 10.1. The Morgan fingerprint density at radius 1 is 0.800 bits per heavy atom. The van der Waals surface area contributed by atoms with E-state index in [0.29, 0.717) is 35.3 Å². The van der Waals surface area contributed by atoms with E-state index < -0.39 is 10.0 Å². The lowest BCUT2D eigenvalue weighted by Crippen LogP contribution is -2.14. The smallest absolute Gasteiger partial charge is 0.261 e. The topological polar surface area (TPSA) is 64.6 Å². The van der Waals surface area contributed by atoms with E-state index in [1.807, 2.05) is 6.07 Å². The van der Waals surface area contributed by atoms with Gasteiger partial charge in [0.05, 0.1) is 23.8 Å². The van der Waals surface area contributed by atoms with Crippen molar-refractivity contribution in [2.45, 2.75) is 37.0 Å². The summed E-state index contributed by atoms with van der Waals surface area (Å²) in [4.78, 5) is 0.306. The minimum Gasteiger partial charge on any atom is -0.490 e. The maximum absolute atomic E-state index is 12.7. The van der Waals surface area contributed by atoms with Crippen molar-refractivity contribution in [3.63, 3.8) is 0 Å². The fourth-order valence-corrected chi connectivity index (χ4v) is 4.42. The molecule has 0 fully saturated rings. The molecule has 6 heteroatoms. The van der Waals surface area contributed by atoms with Crippen LogP contribution in [0.25, 0.3) is 0 Å². The minimum atomic E-state index is -3.63. The van der Waals surface area contributed by atoms with Crippen LogP contribution in [0.3, 0.4) is 0 Å². The average molecular weight is 359 g/mol. The van der Waals surface area contributed by atoms with Crippen molar-refractivity contribution >= 4 is 15.7 Å². The van der Waals surface area contributed by atoms with Crippen LogP contribution in [-0.2, 0) is 22.9 Å². The zero-order valence-electron chi connectivity index (χ0n) is 14.0. The minimum absolute atomic E-state index is 0.306. The molecule has 2 aromatic carbocycles. The summed E-state index contributed by atoms with van der Waals surface area (Å²) in [6, 6.07) is 10.6. The number of benzene rings is 2. The van der Waals surface area contributed by atoms with Crippen LogP contribution in [0.1, 0.15) is 30.4 Å². The molecule has 1 aliphatic heterocycles. The molecule has 0 unspecified atom stereocenters. The Balaban J connectivity index is 1.60. The molecule has 0 amide bonds. The summed E-state index contributed by atoms with van der Waals surface area (Å²) in [7, 11) is -3.63. The summed E-state index contributed by atoms with van der Waals surface area (Å²) in [6.45, 7) is 1.17. The average Bonchev–Trinajstić information content (AvgIpc) is 2.86. The maximum Gasteiger partial charge on any atom is 0.261 e. The molecule has 0 atom stereocenters. The van der Waals surface area contributed by atoms with Crippen LogP contribution in [-0.4, -0.2) is 21.6 Å². The monoisotopic (exact) mass is 359 g/mol. The van der Waals surface area contributed by atoms with Gasteiger partial charge in [0.2, 0.25) is 0 Å². The number of fused-ring (bicyclic) bond motifs is 2. The van der Waals surface area contributed by atoms with Crippen LogP contribution >= 0.6 is 0 Å². The highest BCUT2D eigenvalue weighted by Crippen LogP contribution is 2.33. The number of hydrogen-bond donors (Lipinski definition) is 1. The SMILES string of the molecule is O=S(=O)(Nc1ccc2c(c1)OCCCO2)c1ccc2c(c1)CCCC2. The van der Waals surface area contributed by atoms with Gasteiger partial charge in [-0.1, -0.05) is 6.07 Å².